The normalized spacial score (nSPS) is 30.6. The molecule has 20 nitrogen and oxygen atoms in total. The van der Waals surface area contributed by atoms with Gasteiger partial charge in [-0.2, -0.15) is 0 Å². The van der Waals surface area contributed by atoms with Crippen LogP contribution in [0.1, 0.15) is 0 Å². The molecule has 3 N–H and O–H groups in total. The van der Waals surface area contributed by atoms with Gasteiger partial charge in [0.1, 0.15) is 42.2 Å². The molecular formula is C13H17NNa4O19S3. The Hall–Kier alpha value is 2.42. The molecule has 2 aliphatic heterocycles. The zero-order chi connectivity index (χ0) is 27.6. The van der Waals surface area contributed by atoms with Crippen molar-refractivity contribution >= 4 is 37.1 Å². The molecule has 1 saturated heterocycles. The predicted octanol–water partition coefficient (Wildman–Crippen LogP) is -18.8. The second-order valence-electron chi connectivity index (χ2n) is 6.92. The van der Waals surface area contributed by atoms with E-state index in [0.717, 1.165) is 7.11 Å². The number of carboxylic acid groups (broad SMARTS) is 1. The average Bonchev–Trinajstić information content (AvgIpc) is 2.69. The molecule has 2 rings (SSSR count). The number of carbonyl (C=O) groups excluding carboxylic acids is 1. The molecule has 2 aliphatic rings. The Kier molecular flexibility index (Phi) is 22.4. The molecule has 0 amide bonds. The van der Waals surface area contributed by atoms with E-state index in [1.807, 2.05) is 0 Å². The second-order valence-corrected chi connectivity index (χ2v) is 10.1. The number of hydrogen-bond acceptors (Lipinski definition) is 19. The Bertz CT molecular complexity index is 1170. The maximum atomic E-state index is 11.2. The first-order valence-corrected chi connectivity index (χ1v) is 13.2. The third-order valence-electron chi connectivity index (χ3n) is 4.45. The number of aliphatic carboxylic acids is 1. The molecule has 0 aromatic heterocycles. The van der Waals surface area contributed by atoms with Crippen LogP contribution < -0.4 is 128 Å². The van der Waals surface area contributed by atoms with Crippen LogP contribution in [0.3, 0.4) is 0 Å². The first-order chi connectivity index (χ1) is 16.3. The van der Waals surface area contributed by atoms with Gasteiger partial charge in [-0.05, 0) is 6.08 Å². The van der Waals surface area contributed by atoms with Crippen molar-refractivity contribution in [1.29, 1.82) is 0 Å². The van der Waals surface area contributed by atoms with E-state index in [1.165, 1.54) is 4.72 Å². The van der Waals surface area contributed by atoms with Crippen LogP contribution in [0.15, 0.2) is 11.8 Å². The van der Waals surface area contributed by atoms with Gasteiger partial charge in [0.05, 0.1) is 6.61 Å². The van der Waals surface area contributed by atoms with Crippen molar-refractivity contribution in [3.63, 3.8) is 0 Å². The van der Waals surface area contributed by atoms with Gasteiger partial charge in [0, 0.05) is 7.11 Å². The smallest absolute Gasteiger partial charge is 0.735 e. The van der Waals surface area contributed by atoms with Crippen molar-refractivity contribution in [2.75, 3.05) is 13.7 Å². The summed E-state index contributed by atoms with van der Waals surface area (Å²) < 4.78 is 129. The summed E-state index contributed by atoms with van der Waals surface area (Å²) in [4.78, 5) is 11.1. The molecule has 0 radical (unpaired) electrons. The summed E-state index contributed by atoms with van der Waals surface area (Å²) in [5.41, 5.74) is 0. The maximum absolute atomic E-state index is 11.2. The van der Waals surface area contributed by atoms with E-state index < -0.39 is 98.6 Å². The molecule has 1 fully saturated rings. The summed E-state index contributed by atoms with van der Waals surface area (Å²) in [5.74, 6) is -3.26. The number of ether oxygens (including phenoxy) is 4. The van der Waals surface area contributed by atoms with Crippen LogP contribution >= 0.6 is 0 Å². The molecule has 210 valence electrons. The first kappa shape index (κ1) is 46.8. The number of carbonyl (C=O) groups is 1. The fraction of sp³-hybridized carbons (Fsp3) is 0.769. The Morgan fingerprint density at radius 3 is 1.95 bits per heavy atom. The van der Waals surface area contributed by atoms with Crippen LogP contribution in [0.4, 0.5) is 0 Å². The largest absolute Gasteiger partial charge is 1.00 e. The van der Waals surface area contributed by atoms with Crippen LogP contribution in [0.2, 0.25) is 0 Å². The molecule has 2 heterocycles. The minimum atomic E-state index is -5.63. The van der Waals surface area contributed by atoms with Crippen LogP contribution in [0, 0.1) is 0 Å². The number of aliphatic hydroxyl groups is 2. The van der Waals surface area contributed by atoms with Gasteiger partial charge in [-0.25, -0.2) is 30.0 Å². The Morgan fingerprint density at radius 1 is 0.975 bits per heavy atom. The van der Waals surface area contributed by atoms with Crippen LogP contribution in [-0.2, 0) is 63.2 Å². The molecule has 0 bridgehead atoms. The fourth-order valence-corrected chi connectivity index (χ4v) is 4.48. The van der Waals surface area contributed by atoms with E-state index in [9.17, 15) is 59.0 Å². The summed E-state index contributed by atoms with van der Waals surface area (Å²) >= 11 is 0. The molecule has 0 spiro atoms. The zero-order valence-electron chi connectivity index (χ0n) is 21.5. The number of methoxy groups -OCH3 is 1. The first-order valence-electron chi connectivity index (χ1n) is 9.08. The van der Waals surface area contributed by atoms with E-state index in [4.69, 9.17) is 18.9 Å². The van der Waals surface area contributed by atoms with Crippen molar-refractivity contribution in [3.05, 3.63) is 11.8 Å². The maximum Gasteiger partial charge on any atom is 1.00 e. The van der Waals surface area contributed by atoms with Gasteiger partial charge in [0.25, 0.3) is 0 Å². The zero-order valence-corrected chi connectivity index (χ0v) is 31.9. The molecule has 0 aliphatic carbocycles. The quantitative estimate of drug-likeness (QED) is 0.104. The molecule has 0 saturated carbocycles. The van der Waals surface area contributed by atoms with Crippen molar-refractivity contribution in [2.45, 2.75) is 49.1 Å². The molecule has 3 unspecified atom stereocenters. The molecule has 0 aromatic rings. The Balaban J connectivity index is -0.00000342. The van der Waals surface area contributed by atoms with Gasteiger partial charge in [0.15, 0.2) is 22.7 Å². The van der Waals surface area contributed by atoms with Crippen LogP contribution in [-0.4, -0.2) is 118 Å². The fourth-order valence-electron chi connectivity index (χ4n) is 3.12. The number of aliphatic hydroxyl groups excluding tert-OH is 2. The third kappa shape index (κ3) is 15.1. The van der Waals surface area contributed by atoms with E-state index in [-0.39, 0.29) is 118 Å². The van der Waals surface area contributed by atoms with Gasteiger partial charge >= 0.3 is 118 Å². The monoisotopic (exact) mass is 679 g/mol. The molecular weight excluding hydrogens is 662 g/mol. The topological polar surface area (TPSA) is 320 Å². The van der Waals surface area contributed by atoms with E-state index in [1.54, 1.807) is 0 Å². The van der Waals surface area contributed by atoms with Crippen molar-refractivity contribution in [1.82, 2.24) is 4.72 Å². The minimum Gasteiger partial charge on any atom is -0.735 e. The summed E-state index contributed by atoms with van der Waals surface area (Å²) in [6.07, 6.45) is -14.9. The molecule has 8 atom stereocenters. The van der Waals surface area contributed by atoms with Crippen molar-refractivity contribution < 1.29 is 205 Å². The minimum absolute atomic E-state index is 0. The average molecular weight is 679 g/mol. The number of hydrogen-bond donors (Lipinski definition) is 3. The summed E-state index contributed by atoms with van der Waals surface area (Å²) in [7, 11) is -15.5. The Morgan fingerprint density at radius 2 is 1.52 bits per heavy atom. The van der Waals surface area contributed by atoms with E-state index >= 15 is 0 Å². The SMILES string of the molecule is CO[C@H]1OC(COS(=O)(=O)[O-])[C@@H](O[C@@H]2OC(C(=O)[O-])=C[C@H](O)C2OS(=O)(=O)[O-])[C@H](O)C1NS(=O)(=O)[O-].[Na+].[Na+].[Na+].[Na+]. The van der Waals surface area contributed by atoms with Gasteiger partial charge in [-0.1, -0.05) is 0 Å². The van der Waals surface area contributed by atoms with Crippen LogP contribution in [0.25, 0.3) is 0 Å². The van der Waals surface area contributed by atoms with E-state index in [0.29, 0.717) is 6.08 Å². The van der Waals surface area contributed by atoms with Crippen molar-refractivity contribution in [3.8, 4) is 0 Å². The molecule has 0 aromatic carbocycles. The van der Waals surface area contributed by atoms with Gasteiger partial charge in [-0.3, -0.25) is 8.37 Å². The summed E-state index contributed by atoms with van der Waals surface area (Å²) in [6.45, 7) is -1.27. The van der Waals surface area contributed by atoms with Gasteiger partial charge in [0.2, 0.25) is 27.1 Å². The molecule has 40 heavy (non-hydrogen) atoms. The van der Waals surface area contributed by atoms with Gasteiger partial charge in [-0.15, -0.1) is 0 Å². The predicted molar refractivity (Wildman–Crippen MR) is 97.4 cm³/mol. The van der Waals surface area contributed by atoms with Gasteiger partial charge < -0.3 is 52.7 Å². The second kappa shape index (κ2) is 19.2. The summed E-state index contributed by atoms with van der Waals surface area (Å²) in [5, 5.41) is 31.8. The van der Waals surface area contributed by atoms with Crippen LogP contribution in [0.5, 0.6) is 0 Å². The summed E-state index contributed by atoms with van der Waals surface area (Å²) in [6, 6.07) is -2.02. The third-order valence-corrected chi connectivity index (χ3v) is 5.90. The number of carboxylic acids is 1. The Labute approximate surface area is 316 Å². The van der Waals surface area contributed by atoms with E-state index in [2.05, 4.69) is 8.37 Å². The number of rotatable bonds is 11. The standard InChI is InChI=1S/C13H21NO19S3.4Na/c1-28-12-7(14-34(19,20)21)8(16)10(6(31-12)3-29-35(22,23)24)32-13-9(33-36(25,26)27)4(15)2-5(30-13)11(17)18;;;;/h2,4,6-10,12-16H,3H2,1H3,(H,17,18)(H,19,20,21)(H,22,23,24)(H,25,26,27);;;;/q;4*+1/p-4/t4-,6?,7?,8+,9?,10+,12-,13-;;;;/m0..../s1. The van der Waals surface area contributed by atoms with Crippen molar-refractivity contribution in [2.24, 2.45) is 0 Å². The molecule has 27 heteroatoms. The number of nitrogens with one attached hydrogen (secondary N) is 1.